The summed E-state index contributed by atoms with van der Waals surface area (Å²) in [7, 11) is 0. The monoisotopic (exact) mass is 184 g/mol. The third kappa shape index (κ3) is 2.05. The van der Waals surface area contributed by atoms with Gasteiger partial charge < -0.3 is 9.47 Å². The minimum absolute atomic E-state index is 0.265. The lowest BCUT2D eigenvalue weighted by Crippen LogP contribution is -2.24. The van der Waals surface area contributed by atoms with Gasteiger partial charge in [0.1, 0.15) is 0 Å². The summed E-state index contributed by atoms with van der Waals surface area (Å²) in [6.07, 6.45) is 5.43. The molecule has 1 aliphatic carbocycles. The molecule has 2 heteroatoms. The fraction of sp³-hybridized carbons (Fsp3) is 1.00. The standard InChI is InChI=1S/C11H20O2/c1-3-6-12-8-9-4-5-11(2)10(7-9)13-11/h9-10H,3-8H2,1-2H3. The summed E-state index contributed by atoms with van der Waals surface area (Å²) in [6.45, 7) is 6.26. The zero-order chi connectivity index (χ0) is 9.31. The molecule has 0 spiro atoms. The van der Waals surface area contributed by atoms with Gasteiger partial charge >= 0.3 is 0 Å². The van der Waals surface area contributed by atoms with E-state index in [-0.39, 0.29) is 5.60 Å². The largest absolute Gasteiger partial charge is 0.381 e. The molecule has 2 rings (SSSR count). The van der Waals surface area contributed by atoms with Crippen LogP contribution < -0.4 is 0 Å². The second-order valence-electron chi connectivity index (χ2n) is 4.63. The van der Waals surface area contributed by atoms with E-state index in [2.05, 4.69) is 13.8 Å². The van der Waals surface area contributed by atoms with Crippen LogP contribution in [0, 0.1) is 5.92 Å². The Labute approximate surface area is 80.6 Å². The lowest BCUT2D eigenvalue weighted by Gasteiger charge is -2.21. The molecule has 13 heavy (non-hydrogen) atoms. The second-order valence-corrected chi connectivity index (χ2v) is 4.63. The maximum absolute atomic E-state index is 5.65. The van der Waals surface area contributed by atoms with Gasteiger partial charge in [-0.1, -0.05) is 6.92 Å². The molecule has 1 saturated heterocycles. The molecule has 0 bridgehead atoms. The smallest absolute Gasteiger partial charge is 0.0920 e. The maximum atomic E-state index is 5.65. The number of rotatable bonds is 4. The molecule has 2 nitrogen and oxygen atoms in total. The van der Waals surface area contributed by atoms with E-state index in [1.807, 2.05) is 0 Å². The number of hydrogen-bond donors (Lipinski definition) is 0. The van der Waals surface area contributed by atoms with E-state index in [9.17, 15) is 0 Å². The van der Waals surface area contributed by atoms with E-state index in [0.717, 1.165) is 25.6 Å². The van der Waals surface area contributed by atoms with Gasteiger partial charge in [-0.15, -0.1) is 0 Å². The van der Waals surface area contributed by atoms with Crippen LogP contribution >= 0.6 is 0 Å². The quantitative estimate of drug-likeness (QED) is 0.494. The van der Waals surface area contributed by atoms with Crippen LogP contribution in [-0.2, 0) is 9.47 Å². The Bertz CT molecular complexity index is 181. The predicted octanol–water partition coefficient (Wildman–Crippen LogP) is 2.37. The van der Waals surface area contributed by atoms with Gasteiger partial charge in [-0.2, -0.15) is 0 Å². The Morgan fingerprint density at radius 2 is 2.38 bits per heavy atom. The van der Waals surface area contributed by atoms with Crippen LogP contribution in [0.1, 0.15) is 39.5 Å². The highest BCUT2D eigenvalue weighted by Crippen LogP contribution is 2.49. The molecule has 0 aromatic rings. The van der Waals surface area contributed by atoms with E-state index < -0.39 is 0 Å². The van der Waals surface area contributed by atoms with Crippen molar-refractivity contribution in [2.75, 3.05) is 13.2 Å². The predicted molar refractivity (Wildman–Crippen MR) is 51.7 cm³/mol. The van der Waals surface area contributed by atoms with Gasteiger partial charge in [0.05, 0.1) is 11.7 Å². The van der Waals surface area contributed by atoms with Gasteiger partial charge in [-0.3, -0.25) is 0 Å². The zero-order valence-corrected chi connectivity index (χ0v) is 8.71. The van der Waals surface area contributed by atoms with Crippen LogP contribution in [0.5, 0.6) is 0 Å². The Hall–Kier alpha value is -0.0800. The summed E-state index contributed by atoms with van der Waals surface area (Å²) in [6, 6.07) is 0. The Morgan fingerprint density at radius 3 is 3.08 bits per heavy atom. The van der Waals surface area contributed by atoms with Crippen molar-refractivity contribution in [2.24, 2.45) is 5.92 Å². The normalized spacial score (nSPS) is 42.9. The Morgan fingerprint density at radius 1 is 1.54 bits per heavy atom. The van der Waals surface area contributed by atoms with Crippen molar-refractivity contribution in [3.05, 3.63) is 0 Å². The first-order chi connectivity index (χ1) is 6.24. The van der Waals surface area contributed by atoms with Crippen LogP contribution in [0.3, 0.4) is 0 Å². The van der Waals surface area contributed by atoms with Crippen LogP contribution in [0.2, 0.25) is 0 Å². The summed E-state index contributed by atoms with van der Waals surface area (Å²) in [5.41, 5.74) is 0.265. The van der Waals surface area contributed by atoms with Gasteiger partial charge in [-0.25, -0.2) is 0 Å². The fourth-order valence-corrected chi connectivity index (χ4v) is 2.27. The number of fused-ring (bicyclic) bond motifs is 1. The van der Waals surface area contributed by atoms with Gasteiger partial charge in [0.15, 0.2) is 0 Å². The lowest BCUT2D eigenvalue weighted by molar-refractivity contribution is 0.0866. The van der Waals surface area contributed by atoms with Gasteiger partial charge in [-0.05, 0) is 38.5 Å². The molecule has 2 fully saturated rings. The van der Waals surface area contributed by atoms with Crippen LogP contribution in [0.25, 0.3) is 0 Å². The van der Waals surface area contributed by atoms with Crippen molar-refractivity contribution in [1.82, 2.24) is 0 Å². The Balaban J connectivity index is 1.66. The molecular weight excluding hydrogens is 164 g/mol. The molecular formula is C11H20O2. The van der Waals surface area contributed by atoms with Crippen molar-refractivity contribution in [2.45, 2.75) is 51.2 Å². The molecule has 3 atom stereocenters. The average molecular weight is 184 g/mol. The molecule has 2 aliphatic rings. The van der Waals surface area contributed by atoms with Crippen molar-refractivity contribution in [3.8, 4) is 0 Å². The molecule has 0 N–H and O–H groups in total. The molecule has 0 amide bonds. The first-order valence-electron chi connectivity index (χ1n) is 5.50. The second kappa shape index (κ2) is 3.58. The first-order valence-corrected chi connectivity index (χ1v) is 5.50. The molecule has 1 saturated carbocycles. The van der Waals surface area contributed by atoms with Gasteiger partial charge in [0, 0.05) is 13.2 Å². The van der Waals surface area contributed by atoms with E-state index in [4.69, 9.17) is 9.47 Å². The van der Waals surface area contributed by atoms with Gasteiger partial charge in [0.25, 0.3) is 0 Å². The fourth-order valence-electron chi connectivity index (χ4n) is 2.27. The molecule has 0 aromatic carbocycles. The van der Waals surface area contributed by atoms with Crippen LogP contribution in [0.15, 0.2) is 0 Å². The van der Waals surface area contributed by atoms with Crippen molar-refractivity contribution >= 4 is 0 Å². The summed E-state index contributed by atoms with van der Waals surface area (Å²) >= 11 is 0. The highest BCUT2D eigenvalue weighted by atomic mass is 16.6. The van der Waals surface area contributed by atoms with E-state index in [0.29, 0.717) is 6.10 Å². The highest BCUT2D eigenvalue weighted by Gasteiger charge is 2.55. The number of ether oxygens (including phenoxy) is 2. The number of epoxide rings is 1. The summed E-state index contributed by atoms with van der Waals surface area (Å²) in [5, 5.41) is 0. The topological polar surface area (TPSA) is 21.8 Å². The summed E-state index contributed by atoms with van der Waals surface area (Å²) in [4.78, 5) is 0. The van der Waals surface area contributed by atoms with Gasteiger partial charge in [0.2, 0.25) is 0 Å². The van der Waals surface area contributed by atoms with Crippen LogP contribution in [-0.4, -0.2) is 24.9 Å². The average Bonchev–Trinajstić information content (AvgIpc) is 2.77. The maximum Gasteiger partial charge on any atom is 0.0920 e. The molecule has 76 valence electrons. The third-order valence-electron chi connectivity index (χ3n) is 3.33. The number of hydrogen-bond acceptors (Lipinski definition) is 2. The van der Waals surface area contributed by atoms with Crippen LogP contribution in [0.4, 0.5) is 0 Å². The third-order valence-corrected chi connectivity index (χ3v) is 3.33. The lowest BCUT2D eigenvalue weighted by atomic mass is 9.83. The summed E-state index contributed by atoms with van der Waals surface area (Å²) in [5.74, 6) is 0.757. The minimum Gasteiger partial charge on any atom is -0.381 e. The highest BCUT2D eigenvalue weighted by molar-refractivity contribution is 5.03. The van der Waals surface area contributed by atoms with Crippen molar-refractivity contribution in [3.63, 3.8) is 0 Å². The Kier molecular flexibility index (Phi) is 2.61. The minimum atomic E-state index is 0.265. The zero-order valence-electron chi connectivity index (χ0n) is 8.71. The van der Waals surface area contributed by atoms with Crippen molar-refractivity contribution in [1.29, 1.82) is 0 Å². The van der Waals surface area contributed by atoms with E-state index in [1.54, 1.807) is 0 Å². The molecule has 0 aromatic heterocycles. The van der Waals surface area contributed by atoms with Crippen molar-refractivity contribution < 1.29 is 9.47 Å². The van der Waals surface area contributed by atoms with E-state index >= 15 is 0 Å². The molecule has 1 aliphatic heterocycles. The molecule has 1 heterocycles. The summed E-state index contributed by atoms with van der Waals surface area (Å²) < 4.78 is 11.2. The first kappa shape index (κ1) is 9.47. The van der Waals surface area contributed by atoms with E-state index in [1.165, 1.54) is 19.3 Å². The molecule has 0 radical (unpaired) electrons. The SMILES string of the molecule is CCCOCC1CCC2(C)OC2C1. The molecule has 3 unspecified atom stereocenters.